The summed E-state index contributed by atoms with van der Waals surface area (Å²) in [6.45, 7) is 1.17. The van der Waals surface area contributed by atoms with Crippen LogP contribution in [0.25, 0.3) is 0 Å². The van der Waals surface area contributed by atoms with Crippen molar-refractivity contribution in [1.82, 2.24) is 15.1 Å². The maximum absolute atomic E-state index is 4.47. The molecular formula is C13H21N3. The Kier molecular flexibility index (Phi) is 2.72. The van der Waals surface area contributed by atoms with Crippen LogP contribution in [0.1, 0.15) is 61.7 Å². The highest BCUT2D eigenvalue weighted by atomic mass is 15.3. The average molecular weight is 219 g/mol. The summed E-state index contributed by atoms with van der Waals surface area (Å²) in [7, 11) is 2.09. The summed E-state index contributed by atoms with van der Waals surface area (Å²) in [6.07, 6.45) is 10.2. The van der Waals surface area contributed by atoms with Crippen molar-refractivity contribution in [2.45, 2.75) is 50.5 Å². The predicted octanol–water partition coefficient (Wildman–Crippen LogP) is 2.50. The zero-order chi connectivity index (χ0) is 11.0. The minimum Gasteiger partial charge on any atom is -0.309 e. The third-order valence-corrected chi connectivity index (χ3v) is 4.20. The first kappa shape index (κ1) is 10.3. The van der Waals surface area contributed by atoms with Gasteiger partial charge < -0.3 is 5.32 Å². The van der Waals surface area contributed by atoms with Gasteiger partial charge in [-0.25, -0.2) is 0 Å². The maximum atomic E-state index is 4.47. The molecule has 1 N–H and O–H groups in total. The molecule has 2 heterocycles. The second-order valence-electron chi connectivity index (χ2n) is 5.24. The molecule has 0 radical (unpaired) electrons. The van der Waals surface area contributed by atoms with Crippen LogP contribution in [-0.2, 0) is 7.05 Å². The lowest BCUT2D eigenvalue weighted by Crippen LogP contribution is -2.29. The van der Waals surface area contributed by atoms with E-state index in [1.54, 1.807) is 0 Å². The molecule has 1 saturated heterocycles. The van der Waals surface area contributed by atoms with Crippen LogP contribution in [0.5, 0.6) is 0 Å². The molecule has 3 heteroatoms. The summed E-state index contributed by atoms with van der Waals surface area (Å²) >= 11 is 0. The van der Waals surface area contributed by atoms with Gasteiger partial charge in [0.1, 0.15) is 0 Å². The van der Waals surface area contributed by atoms with E-state index in [1.807, 2.05) is 0 Å². The van der Waals surface area contributed by atoms with Crippen LogP contribution in [0.15, 0.2) is 6.20 Å². The molecule has 0 bridgehead atoms. The van der Waals surface area contributed by atoms with Crippen LogP contribution < -0.4 is 5.32 Å². The molecule has 16 heavy (non-hydrogen) atoms. The molecule has 0 aromatic carbocycles. The van der Waals surface area contributed by atoms with Crippen molar-refractivity contribution >= 4 is 0 Å². The zero-order valence-corrected chi connectivity index (χ0v) is 10.1. The van der Waals surface area contributed by atoms with Crippen LogP contribution >= 0.6 is 0 Å². The predicted molar refractivity (Wildman–Crippen MR) is 64.4 cm³/mol. The lowest BCUT2D eigenvalue weighted by molar-refractivity contribution is 0.374. The molecule has 2 fully saturated rings. The summed E-state index contributed by atoms with van der Waals surface area (Å²) in [5.41, 5.74) is 2.98. The third kappa shape index (κ3) is 1.67. The fourth-order valence-corrected chi connectivity index (χ4v) is 3.01. The summed E-state index contributed by atoms with van der Waals surface area (Å²) in [4.78, 5) is 0. The van der Waals surface area contributed by atoms with Crippen LogP contribution in [0.4, 0.5) is 0 Å². The number of hydrogen-bond donors (Lipinski definition) is 1. The fourth-order valence-electron chi connectivity index (χ4n) is 3.01. The monoisotopic (exact) mass is 219 g/mol. The van der Waals surface area contributed by atoms with Gasteiger partial charge in [0.25, 0.3) is 0 Å². The largest absolute Gasteiger partial charge is 0.309 e. The smallest absolute Gasteiger partial charge is 0.0585 e. The number of aryl methyl sites for hydroxylation is 1. The first-order valence-electron chi connectivity index (χ1n) is 6.61. The summed E-state index contributed by atoms with van der Waals surface area (Å²) < 4.78 is 2.09. The number of nitrogens with one attached hydrogen (secondary N) is 1. The normalized spacial score (nSPS) is 26.7. The fraction of sp³-hybridized carbons (Fsp3) is 0.769. The molecule has 0 amide bonds. The van der Waals surface area contributed by atoms with E-state index in [0.29, 0.717) is 6.04 Å². The van der Waals surface area contributed by atoms with Gasteiger partial charge in [-0.3, -0.25) is 4.68 Å². The second-order valence-corrected chi connectivity index (χ2v) is 5.24. The van der Waals surface area contributed by atoms with Crippen LogP contribution in [-0.4, -0.2) is 16.3 Å². The van der Waals surface area contributed by atoms with Crippen LogP contribution in [0.3, 0.4) is 0 Å². The van der Waals surface area contributed by atoms with Gasteiger partial charge in [0.2, 0.25) is 0 Å². The summed E-state index contributed by atoms with van der Waals surface area (Å²) in [6, 6.07) is 0.553. The van der Waals surface area contributed by atoms with E-state index >= 15 is 0 Å². The Morgan fingerprint density at radius 3 is 2.75 bits per heavy atom. The molecule has 2 aliphatic rings. The van der Waals surface area contributed by atoms with E-state index in [2.05, 4.69) is 28.3 Å². The quantitative estimate of drug-likeness (QED) is 0.828. The van der Waals surface area contributed by atoms with Gasteiger partial charge in [0, 0.05) is 13.1 Å². The zero-order valence-electron chi connectivity index (χ0n) is 10.1. The number of piperidine rings is 1. The van der Waals surface area contributed by atoms with Crippen molar-refractivity contribution < 1.29 is 0 Å². The Labute approximate surface area is 97.2 Å². The first-order chi connectivity index (χ1) is 7.86. The Balaban J connectivity index is 1.88. The molecule has 3 rings (SSSR count). The van der Waals surface area contributed by atoms with Crippen molar-refractivity contribution in [1.29, 1.82) is 0 Å². The Morgan fingerprint density at radius 1 is 1.25 bits per heavy atom. The molecule has 1 aliphatic carbocycles. The highest BCUT2D eigenvalue weighted by Crippen LogP contribution is 2.40. The van der Waals surface area contributed by atoms with Crippen molar-refractivity contribution in [2.75, 3.05) is 6.54 Å². The van der Waals surface area contributed by atoms with Crippen molar-refractivity contribution in [2.24, 2.45) is 7.05 Å². The summed E-state index contributed by atoms with van der Waals surface area (Å²) in [5, 5.41) is 8.12. The molecule has 0 spiro atoms. The molecule has 1 unspecified atom stereocenters. The van der Waals surface area contributed by atoms with E-state index in [9.17, 15) is 0 Å². The third-order valence-electron chi connectivity index (χ3n) is 4.20. The van der Waals surface area contributed by atoms with Gasteiger partial charge >= 0.3 is 0 Å². The van der Waals surface area contributed by atoms with Gasteiger partial charge in [-0.1, -0.05) is 12.8 Å². The molecule has 3 nitrogen and oxygen atoms in total. The van der Waals surface area contributed by atoms with Gasteiger partial charge in [-0.05, 0) is 43.7 Å². The van der Waals surface area contributed by atoms with Crippen molar-refractivity contribution in [3.63, 3.8) is 0 Å². The Hall–Kier alpha value is -0.830. The van der Waals surface area contributed by atoms with E-state index in [-0.39, 0.29) is 0 Å². The average Bonchev–Trinajstić information content (AvgIpc) is 2.59. The minimum absolute atomic E-state index is 0.553. The van der Waals surface area contributed by atoms with E-state index in [1.165, 1.54) is 56.3 Å². The topological polar surface area (TPSA) is 29.9 Å². The number of nitrogens with zero attached hydrogens (tertiary/aromatic N) is 2. The lowest BCUT2D eigenvalue weighted by Gasteiger charge is -2.30. The van der Waals surface area contributed by atoms with Crippen molar-refractivity contribution in [3.8, 4) is 0 Å². The van der Waals surface area contributed by atoms with Gasteiger partial charge in [0.15, 0.2) is 0 Å². The highest BCUT2D eigenvalue weighted by Gasteiger charge is 2.28. The second kappa shape index (κ2) is 4.21. The van der Waals surface area contributed by atoms with Gasteiger partial charge in [-0.2, -0.15) is 5.10 Å². The molecule has 1 aliphatic heterocycles. The van der Waals surface area contributed by atoms with Crippen LogP contribution in [0.2, 0.25) is 0 Å². The molecule has 1 aromatic heterocycles. The Bertz CT molecular complexity index is 359. The standard InChI is InChI=1S/C13H21N3/c1-16-13(12-7-2-3-8-14-12)11(9-15-16)10-5-4-6-10/h9-10,12,14H,2-8H2,1H3. The molecule has 1 saturated carbocycles. The molecule has 1 atom stereocenters. The number of aromatic nitrogens is 2. The van der Waals surface area contributed by atoms with Gasteiger partial charge in [0.05, 0.1) is 11.9 Å². The summed E-state index contributed by atoms with van der Waals surface area (Å²) in [5.74, 6) is 0.799. The first-order valence-corrected chi connectivity index (χ1v) is 6.61. The lowest BCUT2D eigenvalue weighted by atomic mass is 9.79. The van der Waals surface area contributed by atoms with Crippen molar-refractivity contribution in [3.05, 3.63) is 17.5 Å². The van der Waals surface area contributed by atoms with E-state index in [0.717, 1.165) is 5.92 Å². The van der Waals surface area contributed by atoms with Crippen LogP contribution in [0, 0.1) is 0 Å². The number of hydrogen-bond acceptors (Lipinski definition) is 2. The minimum atomic E-state index is 0.553. The van der Waals surface area contributed by atoms with Gasteiger partial charge in [-0.15, -0.1) is 0 Å². The highest BCUT2D eigenvalue weighted by molar-refractivity contribution is 5.27. The SMILES string of the molecule is Cn1ncc(C2CCC2)c1C1CCCCN1. The molecule has 1 aromatic rings. The Morgan fingerprint density at radius 2 is 2.12 bits per heavy atom. The molecular weight excluding hydrogens is 198 g/mol. The van der Waals surface area contributed by atoms with E-state index in [4.69, 9.17) is 0 Å². The van der Waals surface area contributed by atoms with E-state index < -0.39 is 0 Å². The molecule has 88 valence electrons. The number of rotatable bonds is 2. The maximum Gasteiger partial charge on any atom is 0.0585 e.